The minimum atomic E-state index is -0.0114. The second-order valence-electron chi connectivity index (χ2n) is 7.90. The maximum Gasteiger partial charge on any atom is 0.251 e. The monoisotopic (exact) mass is 365 g/mol. The van der Waals surface area contributed by atoms with Gasteiger partial charge in [0.25, 0.3) is 5.91 Å². The van der Waals surface area contributed by atoms with Crippen molar-refractivity contribution < 1.29 is 4.79 Å². The lowest BCUT2D eigenvalue weighted by Crippen LogP contribution is -2.35. The van der Waals surface area contributed by atoms with Gasteiger partial charge in [-0.15, -0.1) is 0 Å². The number of benzene rings is 2. The van der Waals surface area contributed by atoms with Crippen molar-refractivity contribution in [3.05, 3.63) is 64.2 Å². The Morgan fingerprint density at radius 1 is 1.15 bits per heavy atom. The Kier molecular flexibility index (Phi) is 5.85. The summed E-state index contributed by atoms with van der Waals surface area (Å²) >= 11 is 0. The van der Waals surface area contributed by atoms with Gasteiger partial charge in [0.2, 0.25) is 0 Å². The molecule has 0 bridgehead atoms. The predicted octanol–water partition coefficient (Wildman–Crippen LogP) is 3.72. The van der Waals surface area contributed by atoms with E-state index in [0.29, 0.717) is 6.54 Å². The third-order valence-electron chi connectivity index (χ3n) is 5.69. The molecule has 0 aliphatic carbocycles. The lowest BCUT2D eigenvalue weighted by Gasteiger charge is -2.30. The maximum atomic E-state index is 12.6. The first-order valence-corrected chi connectivity index (χ1v) is 9.72. The van der Waals surface area contributed by atoms with Crippen molar-refractivity contribution in [1.82, 2.24) is 10.2 Å². The van der Waals surface area contributed by atoms with Crippen molar-refractivity contribution >= 4 is 11.6 Å². The minimum Gasteiger partial charge on any atom is -0.374 e. The van der Waals surface area contributed by atoms with Crippen molar-refractivity contribution in [3.63, 3.8) is 0 Å². The van der Waals surface area contributed by atoms with Gasteiger partial charge < -0.3 is 15.1 Å². The molecule has 27 heavy (non-hydrogen) atoms. The molecule has 1 aliphatic heterocycles. The fourth-order valence-corrected chi connectivity index (χ4v) is 3.79. The summed E-state index contributed by atoms with van der Waals surface area (Å²) in [4.78, 5) is 17.1. The highest BCUT2D eigenvalue weighted by molar-refractivity contribution is 5.94. The Labute approximate surface area is 163 Å². The predicted molar refractivity (Wildman–Crippen MR) is 113 cm³/mol. The van der Waals surface area contributed by atoms with E-state index < -0.39 is 0 Å². The molecule has 0 aromatic heterocycles. The van der Waals surface area contributed by atoms with Gasteiger partial charge in [0.15, 0.2) is 0 Å². The fourth-order valence-electron chi connectivity index (χ4n) is 3.79. The normalized spacial score (nSPS) is 14.8. The van der Waals surface area contributed by atoms with Crippen LogP contribution in [0.2, 0.25) is 0 Å². The highest BCUT2D eigenvalue weighted by atomic mass is 16.1. The largest absolute Gasteiger partial charge is 0.374 e. The number of carbonyl (C=O) groups excluding carboxylic acids is 1. The molecule has 2 aromatic carbocycles. The van der Waals surface area contributed by atoms with Gasteiger partial charge in [-0.25, -0.2) is 0 Å². The standard InChI is InChI=1S/C23H31N3O/c1-16-8-9-20(13-17(16)2)23(27)24-15-22(25(3)4)19-10-11-21-18(14-19)7-6-12-26(21)5/h8-11,13-14,22H,6-7,12,15H2,1-5H3,(H,24,27). The summed E-state index contributed by atoms with van der Waals surface area (Å²) in [5.41, 5.74) is 7.08. The smallest absolute Gasteiger partial charge is 0.251 e. The van der Waals surface area contributed by atoms with Gasteiger partial charge in [-0.2, -0.15) is 0 Å². The number of hydrogen-bond acceptors (Lipinski definition) is 3. The van der Waals surface area contributed by atoms with E-state index in [9.17, 15) is 4.79 Å². The third kappa shape index (κ3) is 4.33. The molecule has 1 N–H and O–H groups in total. The highest BCUT2D eigenvalue weighted by Gasteiger charge is 2.20. The number of fused-ring (bicyclic) bond motifs is 1. The second kappa shape index (κ2) is 8.13. The molecule has 0 fully saturated rings. The average molecular weight is 366 g/mol. The van der Waals surface area contributed by atoms with Gasteiger partial charge in [-0.3, -0.25) is 4.79 Å². The van der Waals surface area contributed by atoms with E-state index in [0.717, 1.165) is 24.1 Å². The van der Waals surface area contributed by atoms with Crippen LogP contribution < -0.4 is 10.2 Å². The lowest BCUT2D eigenvalue weighted by molar-refractivity contribution is 0.0942. The summed E-state index contributed by atoms with van der Waals surface area (Å²) in [7, 11) is 6.29. The Hall–Kier alpha value is -2.33. The zero-order valence-electron chi connectivity index (χ0n) is 17.2. The average Bonchev–Trinajstić information content (AvgIpc) is 2.64. The third-order valence-corrected chi connectivity index (χ3v) is 5.69. The first kappa shape index (κ1) is 19.4. The number of carbonyl (C=O) groups is 1. The summed E-state index contributed by atoms with van der Waals surface area (Å²) in [6.45, 7) is 5.81. The lowest BCUT2D eigenvalue weighted by atomic mass is 9.96. The van der Waals surface area contributed by atoms with Crippen LogP contribution in [-0.2, 0) is 6.42 Å². The van der Waals surface area contributed by atoms with Crippen LogP contribution in [0.5, 0.6) is 0 Å². The first-order valence-electron chi connectivity index (χ1n) is 9.72. The van der Waals surface area contributed by atoms with E-state index in [1.807, 2.05) is 25.1 Å². The van der Waals surface area contributed by atoms with Crippen LogP contribution in [0.25, 0.3) is 0 Å². The fraction of sp³-hybridized carbons (Fsp3) is 0.435. The van der Waals surface area contributed by atoms with Crippen molar-refractivity contribution in [2.45, 2.75) is 32.7 Å². The summed E-state index contributed by atoms with van der Waals surface area (Å²) < 4.78 is 0. The van der Waals surface area contributed by atoms with E-state index in [4.69, 9.17) is 0 Å². The molecule has 1 aliphatic rings. The van der Waals surface area contributed by atoms with Crippen molar-refractivity contribution in [1.29, 1.82) is 0 Å². The van der Waals surface area contributed by atoms with Gasteiger partial charge in [0, 0.05) is 31.4 Å². The molecule has 4 nitrogen and oxygen atoms in total. The Bertz CT molecular complexity index is 828. The van der Waals surface area contributed by atoms with Crippen LogP contribution in [0.4, 0.5) is 5.69 Å². The molecular formula is C23H31N3O. The van der Waals surface area contributed by atoms with Gasteiger partial charge in [0.1, 0.15) is 0 Å². The molecule has 3 rings (SSSR count). The molecule has 144 valence electrons. The van der Waals surface area contributed by atoms with E-state index in [2.05, 4.69) is 61.4 Å². The topological polar surface area (TPSA) is 35.6 Å². The van der Waals surface area contributed by atoms with Crippen molar-refractivity contribution in [3.8, 4) is 0 Å². The zero-order valence-corrected chi connectivity index (χ0v) is 17.2. The molecule has 1 unspecified atom stereocenters. The number of hydrogen-bond donors (Lipinski definition) is 1. The number of likely N-dealkylation sites (N-methyl/N-ethyl adjacent to an activating group) is 1. The highest BCUT2D eigenvalue weighted by Crippen LogP contribution is 2.30. The molecule has 1 atom stereocenters. The van der Waals surface area contributed by atoms with Gasteiger partial charge in [-0.05, 0) is 81.2 Å². The summed E-state index contributed by atoms with van der Waals surface area (Å²) in [6, 6.07) is 12.8. The molecule has 4 heteroatoms. The summed E-state index contributed by atoms with van der Waals surface area (Å²) in [6.07, 6.45) is 2.33. The van der Waals surface area contributed by atoms with E-state index in [-0.39, 0.29) is 11.9 Å². The molecule has 0 radical (unpaired) electrons. The van der Waals surface area contributed by atoms with E-state index >= 15 is 0 Å². The van der Waals surface area contributed by atoms with Crippen LogP contribution in [0.15, 0.2) is 36.4 Å². The van der Waals surface area contributed by atoms with Crippen LogP contribution in [-0.4, -0.2) is 45.0 Å². The molecule has 0 saturated heterocycles. The summed E-state index contributed by atoms with van der Waals surface area (Å²) in [5, 5.41) is 3.12. The molecule has 1 amide bonds. The number of nitrogens with zero attached hydrogens (tertiary/aromatic N) is 2. The van der Waals surface area contributed by atoms with Crippen LogP contribution in [0.1, 0.15) is 45.1 Å². The Morgan fingerprint density at radius 3 is 2.63 bits per heavy atom. The van der Waals surface area contributed by atoms with Gasteiger partial charge in [-0.1, -0.05) is 18.2 Å². The van der Waals surface area contributed by atoms with Crippen molar-refractivity contribution in [2.75, 3.05) is 39.1 Å². The second-order valence-corrected chi connectivity index (χ2v) is 7.90. The number of anilines is 1. The van der Waals surface area contributed by atoms with Crippen LogP contribution in [0, 0.1) is 13.8 Å². The molecule has 0 saturated carbocycles. The maximum absolute atomic E-state index is 12.6. The summed E-state index contributed by atoms with van der Waals surface area (Å²) in [5.74, 6) is -0.0114. The van der Waals surface area contributed by atoms with Crippen LogP contribution in [0.3, 0.4) is 0 Å². The Balaban J connectivity index is 1.74. The van der Waals surface area contributed by atoms with E-state index in [1.54, 1.807) is 0 Å². The molecule has 0 spiro atoms. The zero-order chi connectivity index (χ0) is 19.6. The first-order chi connectivity index (χ1) is 12.9. The van der Waals surface area contributed by atoms with E-state index in [1.165, 1.54) is 28.8 Å². The number of nitrogens with one attached hydrogen (secondary N) is 1. The number of aryl methyl sites for hydroxylation is 3. The van der Waals surface area contributed by atoms with Crippen LogP contribution >= 0.6 is 0 Å². The molecule has 2 aromatic rings. The number of amides is 1. The minimum absolute atomic E-state index is 0.0114. The SMILES string of the molecule is Cc1ccc(C(=O)NCC(c2ccc3c(c2)CCCN3C)N(C)C)cc1C. The van der Waals surface area contributed by atoms with Gasteiger partial charge >= 0.3 is 0 Å². The number of rotatable bonds is 5. The van der Waals surface area contributed by atoms with Gasteiger partial charge in [0.05, 0.1) is 6.04 Å². The molecular weight excluding hydrogens is 334 g/mol. The van der Waals surface area contributed by atoms with Crippen molar-refractivity contribution in [2.24, 2.45) is 0 Å². The Morgan fingerprint density at radius 2 is 1.93 bits per heavy atom. The molecule has 1 heterocycles. The quantitative estimate of drug-likeness (QED) is 0.877.